The molecule has 1 saturated heterocycles. The van der Waals surface area contributed by atoms with Crippen LogP contribution in [0.2, 0.25) is 0 Å². The van der Waals surface area contributed by atoms with Gasteiger partial charge in [0, 0.05) is 25.7 Å². The topological polar surface area (TPSA) is 24.5 Å². The molecule has 0 aliphatic carbocycles. The summed E-state index contributed by atoms with van der Waals surface area (Å²) in [6.07, 6.45) is 2.43. The average molecular weight is 280 g/mol. The van der Waals surface area contributed by atoms with Gasteiger partial charge >= 0.3 is 0 Å². The zero-order valence-electron chi connectivity index (χ0n) is 12.7. The minimum Gasteiger partial charge on any atom is -0.376 e. The van der Waals surface area contributed by atoms with E-state index in [1.165, 1.54) is 0 Å². The summed E-state index contributed by atoms with van der Waals surface area (Å²) in [6.45, 7) is 6.48. The Morgan fingerprint density at radius 3 is 2.85 bits per heavy atom. The molecular weight excluding hydrogens is 255 g/mol. The third-order valence-corrected chi connectivity index (χ3v) is 4.08. The van der Waals surface area contributed by atoms with E-state index in [1.807, 2.05) is 26.1 Å². The van der Waals surface area contributed by atoms with Crippen molar-refractivity contribution in [1.29, 1.82) is 0 Å². The van der Waals surface area contributed by atoms with Gasteiger partial charge in [-0.2, -0.15) is 0 Å². The first-order chi connectivity index (χ1) is 9.65. The molecule has 1 aromatic rings. The largest absolute Gasteiger partial charge is 0.376 e. The zero-order chi connectivity index (χ0) is 14.5. The SMILES string of the molecule is CCN(CC1CCCO1)c1ccc(C(C)NC)cc1F. The maximum absolute atomic E-state index is 14.3. The minimum atomic E-state index is -0.149. The van der Waals surface area contributed by atoms with E-state index in [0.717, 1.165) is 38.1 Å². The third-order valence-electron chi connectivity index (χ3n) is 4.08. The summed E-state index contributed by atoms with van der Waals surface area (Å²) in [6, 6.07) is 5.68. The van der Waals surface area contributed by atoms with Gasteiger partial charge in [0.25, 0.3) is 0 Å². The minimum absolute atomic E-state index is 0.149. The average Bonchev–Trinajstić information content (AvgIpc) is 2.97. The molecule has 1 aromatic carbocycles. The monoisotopic (exact) mass is 280 g/mol. The molecule has 0 amide bonds. The molecule has 0 saturated carbocycles. The van der Waals surface area contributed by atoms with Crippen LogP contribution in [0, 0.1) is 5.82 Å². The number of benzene rings is 1. The van der Waals surface area contributed by atoms with Crippen molar-refractivity contribution in [2.75, 3.05) is 31.6 Å². The van der Waals surface area contributed by atoms with Crippen LogP contribution in [0.1, 0.15) is 38.3 Å². The summed E-state index contributed by atoms with van der Waals surface area (Å²) in [5.41, 5.74) is 1.65. The van der Waals surface area contributed by atoms with Gasteiger partial charge in [-0.15, -0.1) is 0 Å². The standard InChI is InChI=1S/C16H25FN2O/c1-4-19(11-14-6-5-9-20-14)16-8-7-13(10-15(16)17)12(2)18-3/h7-8,10,12,14,18H,4-6,9,11H2,1-3H3. The van der Waals surface area contributed by atoms with Crippen molar-refractivity contribution in [2.45, 2.75) is 38.8 Å². The van der Waals surface area contributed by atoms with Gasteiger partial charge in [-0.05, 0) is 51.4 Å². The van der Waals surface area contributed by atoms with Gasteiger partial charge in [0.05, 0.1) is 11.8 Å². The fourth-order valence-corrected chi connectivity index (χ4v) is 2.65. The van der Waals surface area contributed by atoms with E-state index in [0.29, 0.717) is 5.69 Å². The Hall–Kier alpha value is -1.13. The van der Waals surface area contributed by atoms with Crippen molar-refractivity contribution in [2.24, 2.45) is 0 Å². The first-order valence-corrected chi connectivity index (χ1v) is 7.49. The summed E-state index contributed by atoms with van der Waals surface area (Å²) >= 11 is 0. The number of anilines is 1. The summed E-state index contributed by atoms with van der Waals surface area (Å²) in [5.74, 6) is -0.149. The van der Waals surface area contributed by atoms with Crippen molar-refractivity contribution in [3.63, 3.8) is 0 Å². The molecule has 20 heavy (non-hydrogen) atoms. The molecule has 2 rings (SSSR count). The number of rotatable bonds is 6. The second kappa shape index (κ2) is 7.04. The molecule has 1 N–H and O–H groups in total. The summed E-state index contributed by atoms with van der Waals surface area (Å²) in [4.78, 5) is 2.07. The predicted octanol–water partition coefficient (Wildman–Crippen LogP) is 3.11. The van der Waals surface area contributed by atoms with Crippen molar-refractivity contribution >= 4 is 5.69 Å². The summed E-state index contributed by atoms with van der Waals surface area (Å²) in [5, 5.41) is 3.13. The molecule has 1 aliphatic heterocycles. The molecular formula is C16H25FN2O. The Morgan fingerprint density at radius 2 is 2.30 bits per heavy atom. The summed E-state index contributed by atoms with van der Waals surface area (Å²) < 4.78 is 20.0. The highest BCUT2D eigenvalue weighted by Crippen LogP contribution is 2.25. The Morgan fingerprint density at radius 1 is 1.50 bits per heavy atom. The highest BCUT2D eigenvalue weighted by Gasteiger charge is 2.20. The van der Waals surface area contributed by atoms with E-state index in [2.05, 4.69) is 17.1 Å². The van der Waals surface area contributed by atoms with Crippen LogP contribution >= 0.6 is 0 Å². The highest BCUT2D eigenvalue weighted by molar-refractivity contribution is 5.49. The molecule has 1 heterocycles. The lowest BCUT2D eigenvalue weighted by molar-refractivity contribution is 0.115. The number of likely N-dealkylation sites (N-methyl/N-ethyl adjacent to an activating group) is 1. The molecule has 0 aromatic heterocycles. The van der Waals surface area contributed by atoms with Crippen LogP contribution in [-0.2, 0) is 4.74 Å². The number of nitrogens with one attached hydrogen (secondary N) is 1. The summed E-state index contributed by atoms with van der Waals surface area (Å²) in [7, 11) is 1.88. The lowest BCUT2D eigenvalue weighted by Crippen LogP contribution is -2.32. The van der Waals surface area contributed by atoms with Crippen LogP contribution in [0.5, 0.6) is 0 Å². The number of hydrogen-bond donors (Lipinski definition) is 1. The van der Waals surface area contributed by atoms with Crippen LogP contribution in [-0.4, -0.2) is 32.8 Å². The second-order valence-corrected chi connectivity index (χ2v) is 5.39. The Bertz CT molecular complexity index is 432. The molecule has 1 aliphatic rings. The second-order valence-electron chi connectivity index (χ2n) is 5.39. The van der Waals surface area contributed by atoms with Gasteiger partial charge in [-0.25, -0.2) is 4.39 Å². The van der Waals surface area contributed by atoms with Crippen LogP contribution in [0.25, 0.3) is 0 Å². The molecule has 2 atom stereocenters. The molecule has 0 bridgehead atoms. The van der Waals surface area contributed by atoms with Crippen molar-refractivity contribution in [3.05, 3.63) is 29.6 Å². The lowest BCUT2D eigenvalue weighted by Gasteiger charge is -2.27. The smallest absolute Gasteiger partial charge is 0.146 e. The van der Waals surface area contributed by atoms with Gasteiger partial charge in [0.15, 0.2) is 0 Å². The Balaban J connectivity index is 2.12. The molecule has 3 nitrogen and oxygen atoms in total. The highest BCUT2D eigenvalue weighted by atomic mass is 19.1. The fraction of sp³-hybridized carbons (Fsp3) is 0.625. The first kappa shape index (κ1) is 15.3. The van der Waals surface area contributed by atoms with Crippen LogP contribution in [0.4, 0.5) is 10.1 Å². The van der Waals surface area contributed by atoms with Gasteiger partial charge in [-0.3, -0.25) is 0 Å². The number of hydrogen-bond acceptors (Lipinski definition) is 3. The van der Waals surface area contributed by atoms with Gasteiger partial charge < -0.3 is 15.0 Å². The maximum Gasteiger partial charge on any atom is 0.146 e. The quantitative estimate of drug-likeness (QED) is 0.866. The van der Waals surface area contributed by atoms with E-state index in [1.54, 1.807) is 6.07 Å². The van der Waals surface area contributed by atoms with Gasteiger partial charge in [0.1, 0.15) is 5.82 Å². The van der Waals surface area contributed by atoms with Crippen LogP contribution in [0.3, 0.4) is 0 Å². The predicted molar refractivity (Wildman–Crippen MR) is 80.7 cm³/mol. The molecule has 0 radical (unpaired) electrons. The molecule has 2 unspecified atom stereocenters. The van der Waals surface area contributed by atoms with Crippen LogP contribution < -0.4 is 10.2 Å². The van der Waals surface area contributed by atoms with Crippen molar-refractivity contribution in [3.8, 4) is 0 Å². The van der Waals surface area contributed by atoms with E-state index >= 15 is 0 Å². The number of nitrogens with zero attached hydrogens (tertiary/aromatic N) is 1. The van der Waals surface area contributed by atoms with E-state index in [-0.39, 0.29) is 18.0 Å². The zero-order valence-corrected chi connectivity index (χ0v) is 12.7. The lowest BCUT2D eigenvalue weighted by atomic mass is 10.1. The van der Waals surface area contributed by atoms with Crippen molar-refractivity contribution in [1.82, 2.24) is 5.32 Å². The van der Waals surface area contributed by atoms with Gasteiger partial charge in [0.2, 0.25) is 0 Å². The number of ether oxygens (including phenoxy) is 1. The Labute approximate surface area is 121 Å². The van der Waals surface area contributed by atoms with E-state index in [9.17, 15) is 4.39 Å². The molecule has 1 fully saturated rings. The third kappa shape index (κ3) is 3.49. The first-order valence-electron chi connectivity index (χ1n) is 7.49. The van der Waals surface area contributed by atoms with Crippen molar-refractivity contribution < 1.29 is 9.13 Å². The Kier molecular flexibility index (Phi) is 5.38. The van der Waals surface area contributed by atoms with Gasteiger partial charge in [-0.1, -0.05) is 6.07 Å². The molecule has 0 spiro atoms. The molecule has 112 valence electrons. The van der Waals surface area contributed by atoms with E-state index in [4.69, 9.17) is 4.74 Å². The fourth-order valence-electron chi connectivity index (χ4n) is 2.65. The maximum atomic E-state index is 14.3. The molecule has 4 heteroatoms. The normalized spacial score (nSPS) is 20.1. The van der Waals surface area contributed by atoms with Crippen LogP contribution in [0.15, 0.2) is 18.2 Å². The number of halogens is 1. The van der Waals surface area contributed by atoms with E-state index < -0.39 is 0 Å².